The molecule has 0 aliphatic carbocycles. The fourth-order valence-corrected chi connectivity index (χ4v) is 4.89. The molecular formula is C30H33BrFN5O4. The lowest BCUT2D eigenvalue weighted by Gasteiger charge is -2.40. The van der Waals surface area contributed by atoms with Gasteiger partial charge in [-0.05, 0) is 61.4 Å². The van der Waals surface area contributed by atoms with Crippen molar-refractivity contribution in [2.45, 2.75) is 38.8 Å². The van der Waals surface area contributed by atoms with Crippen LogP contribution in [0.2, 0.25) is 0 Å². The molecule has 4 N–H and O–H groups in total. The Bertz CT molecular complexity index is 1390. The van der Waals surface area contributed by atoms with E-state index in [-0.39, 0.29) is 30.2 Å². The summed E-state index contributed by atoms with van der Waals surface area (Å²) in [7, 11) is 0. The number of nitrogens with one attached hydrogen (secondary N) is 4. The Morgan fingerprint density at radius 1 is 1.02 bits per heavy atom. The van der Waals surface area contributed by atoms with Gasteiger partial charge in [-0.25, -0.2) is 9.18 Å². The highest BCUT2D eigenvalue weighted by Gasteiger charge is 2.32. The first-order valence-electron chi connectivity index (χ1n) is 13.4. The number of amides is 4. The number of hydrogen-bond acceptors (Lipinski definition) is 5. The third kappa shape index (κ3) is 7.75. The molecule has 1 heterocycles. The van der Waals surface area contributed by atoms with E-state index >= 15 is 0 Å². The van der Waals surface area contributed by atoms with Gasteiger partial charge in [-0.3, -0.25) is 9.59 Å². The predicted molar refractivity (Wildman–Crippen MR) is 162 cm³/mol. The summed E-state index contributed by atoms with van der Waals surface area (Å²) in [6.45, 7) is 4.01. The Morgan fingerprint density at radius 3 is 2.46 bits per heavy atom. The van der Waals surface area contributed by atoms with E-state index in [4.69, 9.17) is 4.74 Å². The molecule has 41 heavy (non-hydrogen) atoms. The number of hydrogen-bond donors (Lipinski definition) is 4. The summed E-state index contributed by atoms with van der Waals surface area (Å²) in [6, 6.07) is 18.7. The number of rotatable bonds is 10. The average molecular weight is 627 g/mol. The smallest absolute Gasteiger partial charge is 0.319 e. The Balaban J connectivity index is 1.28. The van der Waals surface area contributed by atoms with Crippen LogP contribution in [-0.2, 0) is 9.59 Å². The SMILES string of the molecule is CCC(=O)N1c2ccccc2[C@H](Nc2ccc(NC(=O)CNC(=O)Nc3ccc(OCCBr)cc3F)cc2)C[C@@H]1C. The van der Waals surface area contributed by atoms with Crippen molar-refractivity contribution in [3.05, 3.63) is 78.1 Å². The van der Waals surface area contributed by atoms with E-state index in [0.29, 0.717) is 29.8 Å². The van der Waals surface area contributed by atoms with E-state index in [1.165, 1.54) is 12.1 Å². The molecule has 1 aliphatic heterocycles. The van der Waals surface area contributed by atoms with Gasteiger partial charge in [-0.2, -0.15) is 0 Å². The van der Waals surface area contributed by atoms with Gasteiger partial charge in [0.15, 0.2) is 0 Å². The quantitative estimate of drug-likeness (QED) is 0.205. The summed E-state index contributed by atoms with van der Waals surface area (Å²) in [5.74, 6) is -0.631. The molecule has 0 bridgehead atoms. The van der Waals surface area contributed by atoms with Crippen molar-refractivity contribution < 1.29 is 23.5 Å². The van der Waals surface area contributed by atoms with Crippen molar-refractivity contribution >= 4 is 56.5 Å². The minimum Gasteiger partial charge on any atom is -0.493 e. The maximum atomic E-state index is 14.2. The number of nitrogens with zero attached hydrogens (tertiary/aromatic N) is 1. The number of anilines is 4. The van der Waals surface area contributed by atoms with Crippen LogP contribution in [0.4, 0.5) is 31.9 Å². The van der Waals surface area contributed by atoms with E-state index in [1.807, 2.05) is 48.2 Å². The number of benzene rings is 3. The molecule has 4 amide bonds. The van der Waals surface area contributed by atoms with Crippen LogP contribution in [-0.4, -0.2) is 42.4 Å². The van der Waals surface area contributed by atoms with Crippen molar-refractivity contribution in [3.8, 4) is 5.75 Å². The van der Waals surface area contributed by atoms with Gasteiger partial charge < -0.3 is 30.9 Å². The Labute approximate surface area is 247 Å². The monoisotopic (exact) mass is 625 g/mol. The number of halogens is 2. The molecule has 1 aliphatic rings. The van der Waals surface area contributed by atoms with E-state index in [9.17, 15) is 18.8 Å². The molecule has 0 unspecified atom stereocenters. The zero-order chi connectivity index (χ0) is 29.4. The highest BCUT2D eigenvalue weighted by molar-refractivity contribution is 9.09. The summed E-state index contributed by atoms with van der Waals surface area (Å²) in [4.78, 5) is 39.0. The second kappa shape index (κ2) is 14.0. The highest BCUT2D eigenvalue weighted by Crippen LogP contribution is 2.39. The largest absolute Gasteiger partial charge is 0.493 e. The van der Waals surface area contributed by atoms with Gasteiger partial charge in [0.25, 0.3) is 0 Å². The van der Waals surface area contributed by atoms with Crippen molar-refractivity contribution in [1.82, 2.24) is 5.32 Å². The summed E-state index contributed by atoms with van der Waals surface area (Å²) < 4.78 is 19.6. The van der Waals surface area contributed by atoms with Gasteiger partial charge in [0.1, 0.15) is 11.6 Å². The third-order valence-electron chi connectivity index (χ3n) is 6.61. The first-order chi connectivity index (χ1) is 19.8. The minimum absolute atomic E-state index is 0.0214. The van der Waals surface area contributed by atoms with Crippen LogP contribution in [0.1, 0.15) is 38.3 Å². The van der Waals surface area contributed by atoms with Crippen LogP contribution in [0.15, 0.2) is 66.7 Å². The number of carbonyl (C=O) groups excluding carboxylic acids is 3. The molecule has 11 heteroatoms. The topological polar surface area (TPSA) is 112 Å². The van der Waals surface area contributed by atoms with Crippen LogP contribution < -0.4 is 30.9 Å². The second-order valence-corrected chi connectivity index (χ2v) is 10.4. The van der Waals surface area contributed by atoms with Crippen molar-refractivity contribution in [1.29, 1.82) is 0 Å². The molecule has 2 atom stereocenters. The number of ether oxygens (including phenoxy) is 1. The van der Waals surface area contributed by atoms with Crippen molar-refractivity contribution in [2.75, 3.05) is 39.3 Å². The number of para-hydroxylation sites is 1. The Hall–Kier alpha value is -4.12. The Morgan fingerprint density at radius 2 is 1.76 bits per heavy atom. The first-order valence-corrected chi connectivity index (χ1v) is 14.5. The molecule has 0 radical (unpaired) electrons. The fraction of sp³-hybridized carbons (Fsp3) is 0.300. The summed E-state index contributed by atoms with van der Waals surface area (Å²) >= 11 is 3.23. The highest BCUT2D eigenvalue weighted by atomic mass is 79.9. The molecule has 0 fully saturated rings. The van der Waals surface area contributed by atoms with Crippen LogP contribution >= 0.6 is 15.9 Å². The van der Waals surface area contributed by atoms with E-state index in [0.717, 1.165) is 23.4 Å². The molecule has 0 aromatic heterocycles. The number of fused-ring (bicyclic) bond motifs is 1. The average Bonchev–Trinajstić information content (AvgIpc) is 2.97. The minimum atomic E-state index is -0.714. The van der Waals surface area contributed by atoms with Crippen LogP contribution in [0.5, 0.6) is 5.75 Å². The molecule has 0 spiro atoms. The van der Waals surface area contributed by atoms with Gasteiger partial charge in [-0.15, -0.1) is 0 Å². The lowest BCUT2D eigenvalue weighted by Crippen LogP contribution is -2.44. The maximum Gasteiger partial charge on any atom is 0.319 e. The summed E-state index contributed by atoms with van der Waals surface area (Å²) in [5.41, 5.74) is 3.39. The molecule has 4 rings (SSSR count). The summed E-state index contributed by atoms with van der Waals surface area (Å²) in [5, 5.41) is 11.7. The van der Waals surface area contributed by atoms with Gasteiger partial charge >= 0.3 is 6.03 Å². The van der Waals surface area contributed by atoms with Gasteiger partial charge in [0.05, 0.1) is 24.9 Å². The predicted octanol–water partition coefficient (Wildman–Crippen LogP) is 6.05. The summed E-state index contributed by atoms with van der Waals surface area (Å²) in [6.07, 6.45) is 1.21. The van der Waals surface area contributed by atoms with Gasteiger partial charge in [-0.1, -0.05) is 41.1 Å². The maximum absolute atomic E-state index is 14.2. The Kier molecular flexibility index (Phi) is 10.2. The lowest BCUT2D eigenvalue weighted by atomic mass is 9.91. The number of alkyl halides is 1. The number of carbonyl (C=O) groups is 3. The van der Waals surface area contributed by atoms with E-state index in [2.05, 4.69) is 44.1 Å². The molecule has 9 nitrogen and oxygen atoms in total. The van der Waals surface area contributed by atoms with E-state index < -0.39 is 17.8 Å². The van der Waals surface area contributed by atoms with Gasteiger partial charge in [0, 0.05) is 40.9 Å². The molecule has 0 saturated heterocycles. The number of urea groups is 1. The zero-order valence-corrected chi connectivity index (χ0v) is 24.5. The first kappa shape index (κ1) is 29.9. The standard InChI is InChI=1S/C30H33BrFN5O4/c1-3-29(39)37-19(2)16-26(23-6-4-5-7-27(23)37)34-20-8-10-21(11-9-20)35-28(38)18-33-30(40)36-25-13-12-22(17-24(25)32)41-15-14-31/h4-13,17,19,26,34H,3,14-16,18H2,1-2H3,(H,35,38)(H2,33,36,40)/t19-,26+/m0/s1. The van der Waals surface area contributed by atoms with Crippen LogP contribution in [0.3, 0.4) is 0 Å². The van der Waals surface area contributed by atoms with Gasteiger partial charge in [0.2, 0.25) is 11.8 Å². The van der Waals surface area contributed by atoms with E-state index in [1.54, 1.807) is 18.2 Å². The lowest BCUT2D eigenvalue weighted by molar-refractivity contribution is -0.119. The molecule has 0 saturated carbocycles. The normalized spacial score (nSPS) is 15.9. The second-order valence-electron chi connectivity index (χ2n) is 9.57. The third-order valence-corrected chi connectivity index (χ3v) is 6.94. The molecular weight excluding hydrogens is 593 g/mol. The zero-order valence-electron chi connectivity index (χ0n) is 22.9. The van der Waals surface area contributed by atoms with Crippen LogP contribution in [0, 0.1) is 5.82 Å². The fourth-order valence-electron chi connectivity index (χ4n) is 4.73. The molecule has 3 aromatic carbocycles. The molecule has 216 valence electrons. The van der Waals surface area contributed by atoms with Crippen LogP contribution in [0.25, 0.3) is 0 Å². The molecule has 3 aromatic rings. The van der Waals surface area contributed by atoms with Crippen molar-refractivity contribution in [2.24, 2.45) is 0 Å². The van der Waals surface area contributed by atoms with Crippen molar-refractivity contribution in [3.63, 3.8) is 0 Å².